The minimum Gasteiger partial charge on any atom is -0.497 e. The first kappa shape index (κ1) is 26.8. The van der Waals surface area contributed by atoms with Crippen LogP contribution in [0.5, 0.6) is 11.5 Å². The van der Waals surface area contributed by atoms with E-state index in [0.29, 0.717) is 18.9 Å². The Labute approximate surface area is 214 Å². The normalized spacial score (nSPS) is 15.7. The van der Waals surface area contributed by atoms with Crippen molar-refractivity contribution >= 4 is 35.8 Å². The number of hydrogen-bond donors (Lipinski definition) is 2. The third-order valence-corrected chi connectivity index (χ3v) is 5.53. The van der Waals surface area contributed by atoms with Gasteiger partial charge in [0.1, 0.15) is 11.5 Å². The second kappa shape index (κ2) is 14.6. The molecule has 3 rings (SSSR count). The molecule has 0 radical (unpaired) electrons. The van der Waals surface area contributed by atoms with Gasteiger partial charge in [-0.3, -0.25) is 9.79 Å². The third kappa shape index (κ3) is 9.11. The Morgan fingerprint density at radius 3 is 2.52 bits per heavy atom. The van der Waals surface area contributed by atoms with E-state index in [0.717, 1.165) is 56.5 Å². The standard InChI is InChI=1S/C25H34N4O3.HI/c1-26-25(27-14-6-16-32-23-11-9-22(31-2)10-12-23)28-18-21-17-24(30)29(19-21)15-13-20-7-4-3-5-8-20;/h3-5,7-12,21H,6,13-19H2,1-2H3,(H2,26,27,28);1H. The third-order valence-electron chi connectivity index (χ3n) is 5.53. The summed E-state index contributed by atoms with van der Waals surface area (Å²) in [7, 11) is 3.41. The van der Waals surface area contributed by atoms with Crippen LogP contribution in [0.2, 0.25) is 0 Å². The zero-order chi connectivity index (χ0) is 22.6. The second-order valence-corrected chi connectivity index (χ2v) is 7.90. The second-order valence-electron chi connectivity index (χ2n) is 7.90. The van der Waals surface area contributed by atoms with Crippen molar-refractivity contribution in [1.82, 2.24) is 15.5 Å². The van der Waals surface area contributed by atoms with Crippen molar-refractivity contribution in [2.24, 2.45) is 10.9 Å². The van der Waals surface area contributed by atoms with Gasteiger partial charge in [-0.05, 0) is 42.7 Å². The zero-order valence-corrected chi connectivity index (χ0v) is 21.8. The summed E-state index contributed by atoms with van der Waals surface area (Å²) in [5, 5.41) is 6.66. The van der Waals surface area contributed by atoms with Crippen LogP contribution in [0, 0.1) is 5.92 Å². The van der Waals surface area contributed by atoms with Crippen molar-refractivity contribution in [2.75, 3.05) is 46.9 Å². The van der Waals surface area contributed by atoms with Gasteiger partial charge in [0.15, 0.2) is 5.96 Å². The van der Waals surface area contributed by atoms with Gasteiger partial charge >= 0.3 is 0 Å². The topological polar surface area (TPSA) is 75.2 Å². The molecule has 1 amide bonds. The Morgan fingerprint density at radius 2 is 1.82 bits per heavy atom. The fourth-order valence-electron chi connectivity index (χ4n) is 3.72. The number of carbonyl (C=O) groups excluding carboxylic acids is 1. The highest BCUT2D eigenvalue weighted by atomic mass is 127. The fraction of sp³-hybridized carbons (Fsp3) is 0.440. The smallest absolute Gasteiger partial charge is 0.223 e. The molecule has 1 saturated heterocycles. The molecule has 1 heterocycles. The molecule has 1 atom stereocenters. The van der Waals surface area contributed by atoms with Crippen molar-refractivity contribution in [3.05, 3.63) is 60.2 Å². The van der Waals surface area contributed by atoms with Gasteiger partial charge in [-0.2, -0.15) is 0 Å². The fourth-order valence-corrected chi connectivity index (χ4v) is 3.72. The zero-order valence-electron chi connectivity index (χ0n) is 19.5. The van der Waals surface area contributed by atoms with E-state index in [1.54, 1.807) is 14.2 Å². The van der Waals surface area contributed by atoms with Gasteiger partial charge in [0.05, 0.1) is 13.7 Å². The number of guanidine groups is 1. The summed E-state index contributed by atoms with van der Waals surface area (Å²) in [6.07, 6.45) is 2.34. The van der Waals surface area contributed by atoms with Crippen LogP contribution in [0.3, 0.4) is 0 Å². The number of benzene rings is 2. The highest BCUT2D eigenvalue weighted by Crippen LogP contribution is 2.18. The lowest BCUT2D eigenvalue weighted by Crippen LogP contribution is -2.41. The van der Waals surface area contributed by atoms with Gasteiger partial charge in [0.25, 0.3) is 0 Å². The van der Waals surface area contributed by atoms with Gasteiger partial charge in [-0.15, -0.1) is 24.0 Å². The molecule has 2 aromatic rings. The first-order valence-electron chi connectivity index (χ1n) is 11.2. The number of nitrogens with zero attached hydrogens (tertiary/aromatic N) is 2. The number of nitrogens with one attached hydrogen (secondary N) is 2. The highest BCUT2D eigenvalue weighted by molar-refractivity contribution is 14.0. The van der Waals surface area contributed by atoms with Gasteiger partial charge in [-0.1, -0.05) is 30.3 Å². The Morgan fingerprint density at radius 1 is 1.09 bits per heavy atom. The summed E-state index contributed by atoms with van der Waals surface area (Å²) in [5.41, 5.74) is 1.27. The van der Waals surface area contributed by atoms with Crippen LogP contribution in [0.15, 0.2) is 59.6 Å². The molecule has 0 saturated carbocycles. The van der Waals surface area contributed by atoms with Crippen molar-refractivity contribution in [3.8, 4) is 11.5 Å². The van der Waals surface area contributed by atoms with Crippen LogP contribution in [0.4, 0.5) is 0 Å². The maximum atomic E-state index is 12.3. The summed E-state index contributed by atoms with van der Waals surface area (Å²) in [6, 6.07) is 17.9. The molecule has 0 aliphatic carbocycles. The summed E-state index contributed by atoms with van der Waals surface area (Å²) in [6.45, 7) is 3.67. The van der Waals surface area contributed by atoms with Crippen LogP contribution < -0.4 is 20.1 Å². The van der Waals surface area contributed by atoms with Gasteiger partial charge in [0, 0.05) is 45.6 Å². The number of aliphatic imine (C=N–C) groups is 1. The molecule has 0 aromatic heterocycles. The number of hydrogen-bond acceptors (Lipinski definition) is 4. The molecule has 8 heteroatoms. The minimum absolute atomic E-state index is 0. The van der Waals surface area contributed by atoms with Crippen LogP contribution in [-0.2, 0) is 11.2 Å². The minimum atomic E-state index is 0. The highest BCUT2D eigenvalue weighted by Gasteiger charge is 2.29. The molecule has 1 aliphatic heterocycles. The number of likely N-dealkylation sites (tertiary alicyclic amines) is 1. The molecule has 0 bridgehead atoms. The average molecular weight is 566 g/mol. The van der Waals surface area contributed by atoms with Gasteiger partial charge in [0.2, 0.25) is 5.91 Å². The lowest BCUT2D eigenvalue weighted by Gasteiger charge is -2.18. The first-order chi connectivity index (χ1) is 15.7. The number of halogens is 1. The predicted molar refractivity (Wildman–Crippen MR) is 143 cm³/mol. The van der Waals surface area contributed by atoms with Gasteiger partial charge < -0.3 is 25.0 Å². The number of carbonyl (C=O) groups is 1. The largest absolute Gasteiger partial charge is 0.497 e. The molecule has 1 aliphatic rings. The lowest BCUT2D eigenvalue weighted by atomic mass is 10.1. The number of methoxy groups -OCH3 is 1. The van der Waals surface area contributed by atoms with Gasteiger partial charge in [-0.25, -0.2) is 0 Å². The van der Waals surface area contributed by atoms with Crippen LogP contribution >= 0.6 is 24.0 Å². The monoisotopic (exact) mass is 566 g/mol. The molecule has 0 spiro atoms. The Hall–Kier alpha value is -2.49. The van der Waals surface area contributed by atoms with Crippen LogP contribution in [-0.4, -0.2) is 63.7 Å². The maximum Gasteiger partial charge on any atom is 0.223 e. The SMILES string of the molecule is CN=C(NCCCOc1ccc(OC)cc1)NCC1CC(=O)N(CCc2ccccc2)C1.I. The maximum absolute atomic E-state index is 12.3. The molecule has 180 valence electrons. The van der Waals surface area contributed by atoms with E-state index in [4.69, 9.17) is 9.47 Å². The predicted octanol–water partition coefficient (Wildman–Crippen LogP) is 3.34. The molecular weight excluding hydrogens is 531 g/mol. The molecule has 1 fully saturated rings. The van der Waals surface area contributed by atoms with E-state index in [9.17, 15) is 4.79 Å². The van der Waals surface area contributed by atoms with Crippen molar-refractivity contribution in [1.29, 1.82) is 0 Å². The summed E-state index contributed by atoms with van der Waals surface area (Å²) in [4.78, 5) is 18.6. The number of rotatable bonds is 11. The number of amides is 1. The number of ether oxygens (including phenoxy) is 2. The Kier molecular flexibility index (Phi) is 11.9. The van der Waals surface area contributed by atoms with E-state index in [1.165, 1.54) is 5.56 Å². The molecule has 33 heavy (non-hydrogen) atoms. The van der Waals surface area contributed by atoms with Crippen LogP contribution in [0.25, 0.3) is 0 Å². The van der Waals surface area contributed by atoms with Crippen molar-refractivity contribution in [3.63, 3.8) is 0 Å². The first-order valence-corrected chi connectivity index (χ1v) is 11.2. The molecular formula is C25H35IN4O3. The van der Waals surface area contributed by atoms with E-state index < -0.39 is 0 Å². The summed E-state index contributed by atoms with van der Waals surface area (Å²) in [5.74, 6) is 2.94. The van der Waals surface area contributed by atoms with E-state index in [2.05, 4.69) is 27.8 Å². The van der Waals surface area contributed by atoms with Crippen molar-refractivity contribution in [2.45, 2.75) is 19.3 Å². The van der Waals surface area contributed by atoms with Crippen molar-refractivity contribution < 1.29 is 14.3 Å². The summed E-state index contributed by atoms with van der Waals surface area (Å²) < 4.78 is 10.9. The average Bonchev–Trinajstić information content (AvgIpc) is 3.19. The quantitative estimate of drug-likeness (QED) is 0.189. The molecule has 2 N–H and O–H groups in total. The van der Waals surface area contributed by atoms with E-state index >= 15 is 0 Å². The lowest BCUT2D eigenvalue weighted by molar-refractivity contribution is -0.127. The summed E-state index contributed by atoms with van der Waals surface area (Å²) >= 11 is 0. The molecule has 7 nitrogen and oxygen atoms in total. The Balaban J connectivity index is 0.00000385. The molecule has 2 aromatic carbocycles. The molecule has 1 unspecified atom stereocenters. The Bertz CT molecular complexity index is 862. The van der Waals surface area contributed by atoms with Crippen LogP contribution in [0.1, 0.15) is 18.4 Å². The van der Waals surface area contributed by atoms with E-state index in [-0.39, 0.29) is 29.9 Å². The van der Waals surface area contributed by atoms with E-state index in [1.807, 2.05) is 47.4 Å².